The topological polar surface area (TPSA) is 29.1 Å². The van der Waals surface area contributed by atoms with E-state index in [-0.39, 0.29) is 11.0 Å². The van der Waals surface area contributed by atoms with E-state index >= 15 is 0 Å². The lowest BCUT2D eigenvalue weighted by molar-refractivity contribution is 0.0934. The molecule has 0 atom stereocenters. The third-order valence-corrected chi connectivity index (χ3v) is 3.91. The average Bonchev–Trinajstić information content (AvgIpc) is 3.11. The second-order valence-electron chi connectivity index (χ2n) is 5.30. The Labute approximate surface area is 105 Å². The van der Waals surface area contributed by atoms with Crippen molar-refractivity contribution in [3.63, 3.8) is 0 Å². The van der Waals surface area contributed by atoms with Gasteiger partial charge < -0.3 is 5.32 Å². The summed E-state index contributed by atoms with van der Waals surface area (Å²) in [6.07, 6.45) is 2.16. The Hall–Kier alpha value is -1.45. The molecule has 18 heavy (non-hydrogen) atoms. The van der Waals surface area contributed by atoms with Crippen LogP contribution in [0.3, 0.4) is 0 Å². The van der Waals surface area contributed by atoms with E-state index in [2.05, 4.69) is 19.2 Å². The third-order valence-electron chi connectivity index (χ3n) is 3.91. The van der Waals surface area contributed by atoms with Gasteiger partial charge in [-0.3, -0.25) is 4.79 Å². The molecule has 0 aromatic heterocycles. The fourth-order valence-electron chi connectivity index (χ4n) is 2.15. The number of amides is 1. The van der Waals surface area contributed by atoms with E-state index in [0.717, 1.165) is 18.9 Å². The van der Waals surface area contributed by atoms with Crippen LogP contribution in [-0.2, 0) is 0 Å². The minimum Gasteiger partial charge on any atom is -0.351 e. The van der Waals surface area contributed by atoms with Crippen molar-refractivity contribution in [1.82, 2.24) is 5.32 Å². The predicted octanol–water partition coefficient (Wildman–Crippen LogP) is 3.13. The van der Waals surface area contributed by atoms with Crippen molar-refractivity contribution in [3.05, 3.63) is 35.4 Å². The molecular formula is C14H17F2NO. The summed E-state index contributed by atoms with van der Waals surface area (Å²) in [6.45, 7) is 4.75. The van der Waals surface area contributed by atoms with E-state index in [1.54, 1.807) is 0 Å². The van der Waals surface area contributed by atoms with Gasteiger partial charge in [-0.15, -0.1) is 0 Å². The molecule has 0 heterocycles. The molecule has 1 aliphatic carbocycles. The maximum Gasteiger partial charge on any atom is 0.254 e. The first-order chi connectivity index (χ1) is 8.46. The number of hydrogen-bond acceptors (Lipinski definition) is 1. The highest BCUT2D eigenvalue weighted by atomic mass is 19.2. The van der Waals surface area contributed by atoms with Gasteiger partial charge in [-0.2, -0.15) is 0 Å². The number of benzene rings is 1. The summed E-state index contributed by atoms with van der Waals surface area (Å²) >= 11 is 0. The van der Waals surface area contributed by atoms with Crippen LogP contribution < -0.4 is 5.32 Å². The molecule has 98 valence electrons. The van der Waals surface area contributed by atoms with Crippen LogP contribution in [0.15, 0.2) is 18.2 Å². The van der Waals surface area contributed by atoms with Gasteiger partial charge in [-0.05, 0) is 36.3 Å². The molecule has 1 saturated carbocycles. The van der Waals surface area contributed by atoms with Crippen LogP contribution in [0.25, 0.3) is 0 Å². The molecule has 2 rings (SSSR count). The molecule has 0 bridgehead atoms. The lowest BCUT2D eigenvalue weighted by Crippen LogP contribution is -2.33. The minimum atomic E-state index is -1.08. The standard InChI is InChI=1S/C14H17F2NO/c1-9(2)14(6-7-14)8-17-13(18)10-4-3-5-11(15)12(10)16/h3-5,9H,6-8H2,1-2H3,(H,17,18). The molecule has 1 aromatic rings. The van der Waals surface area contributed by atoms with Crippen molar-refractivity contribution >= 4 is 5.91 Å². The zero-order valence-corrected chi connectivity index (χ0v) is 10.6. The highest BCUT2D eigenvalue weighted by molar-refractivity contribution is 5.94. The monoisotopic (exact) mass is 253 g/mol. The average molecular weight is 253 g/mol. The summed E-state index contributed by atoms with van der Waals surface area (Å²) in [6, 6.07) is 3.63. The van der Waals surface area contributed by atoms with Crippen molar-refractivity contribution in [2.45, 2.75) is 26.7 Å². The first-order valence-corrected chi connectivity index (χ1v) is 6.18. The fraction of sp³-hybridized carbons (Fsp3) is 0.500. The molecule has 0 radical (unpaired) electrons. The second-order valence-corrected chi connectivity index (χ2v) is 5.30. The summed E-state index contributed by atoms with van der Waals surface area (Å²) in [5.74, 6) is -2.13. The van der Waals surface area contributed by atoms with E-state index in [0.29, 0.717) is 12.5 Å². The summed E-state index contributed by atoms with van der Waals surface area (Å²) in [5.41, 5.74) is -0.0750. The second kappa shape index (κ2) is 4.67. The maximum atomic E-state index is 13.4. The van der Waals surface area contributed by atoms with Gasteiger partial charge in [-0.25, -0.2) is 8.78 Å². The Bertz CT molecular complexity index is 467. The van der Waals surface area contributed by atoms with Gasteiger partial charge >= 0.3 is 0 Å². The highest BCUT2D eigenvalue weighted by Crippen LogP contribution is 2.51. The maximum absolute atomic E-state index is 13.4. The molecule has 1 aliphatic rings. The number of hydrogen-bond donors (Lipinski definition) is 1. The molecule has 2 nitrogen and oxygen atoms in total. The Morgan fingerprint density at radius 2 is 2.06 bits per heavy atom. The van der Waals surface area contributed by atoms with Gasteiger partial charge in [0.15, 0.2) is 11.6 Å². The van der Waals surface area contributed by atoms with Gasteiger partial charge in [0, 0.05) is 6.54 Å². The van der Waals surface area contributed by atoms with E-state index in [1.807, 2.05) is 0 Å². The lowest BCUT2D eigenvalue weighted by atomic mass is 9.92. The summed E-state index contributed by atoms with van der Waals surface area (Å²) in [4.78, 5) is 11.8. The van der Waals surface area contributed by atoms with Gasteiger partial charge in [0.05, 0.1) is 5.56 Å². The first kappa shape index (κ1) is 13.0. The van der Waals surface area contributed by atoms with Crippen LogP contribution in [-0.4, -0.2) is 12.5 Å². The SMILES string of the molecule is CC(C)C1(CNC(=O)c2cccc(F)c2F)CC1. The Balaban J connectivity index is 2.03. The quantitative estimate of drug-likeness (QED) is 0.877. The predicted molar refractivity (Wildman–Crippen MR) is 65.2 cm³/mol. The molecule has 4 heteroatoms. The molecule has 0 aliphatic heterocycles. The van der Waals surface area contributed by atoms with E-state index in [4.69, 9.17) is 0 Å². The number of rotatable bonds is 4. The van der Waals surface area contributed by atoms with Gasteiger partial charge in [-0.1, -0.05) is 19.9 Å². The van der Waals surface area contributed by atoms with E-state index in [9.17, 15) is 13.6 Å². The van der Waals surface area contributed by atoms with Crippen molar-refractivity contribution in [3.8, 4) is 0 Å². The molecule has 0 saturated heterocycles. The number of nitrogens with one attached hydrogen (secondary N) is 1. The van der Waals surface area contributed by atoms with Gasteiger partial charge in [0.2, 0.25) is 0 Å². The van der Waals surface area contributed by atoms with E-state index < -0.39 is 17.5 Å². The summed E-state index contributed by atoms with van der Waals surface area (Å²) in [7, 11) is 0. The molecule has 1 amide bonds. The van der Waals surface area contributed by atoms with Crippen molar-refractivity contribution in [2.24, 2.45) is 11.3 Å². The van der Waals surface area contributed by atoms with Gasteiger partial charge in [0.1, 0.15) is 0 Å². The van der Waals surface area contributed by atoms with Gasteiger partial charge in [0.25, 0.3) is 5.91 Å². The van der Waals surface area contributed by atoms with Crippen molar-refractivity contribution < 1.29 is 13.6 Å². The largest absolute Gasteiger partial charge is 0.351 e. The van der Waals surface area contributed by atoms with Crippen LogP contribution in [0.1, 0.15) is 37.0 Å². The zero-order chi connectivity index (χ0) is 13.3. The van der Waals surface area contributed by atoms with E-state index in [1.165, 1.54) is 12.1 Å². The van der Waals surface area contributed by atoms with Crippen LogP contribution in [0.5, 0.6) is 0 Å². The van der Waals surface area contributed by atoms with Crippen LogP contribution in [0.2, 0.25) is 0 Å². The van der Waals surface area contributed by atoms with Crippen molar-refractivity contribution in [2.75, 3.05) is 6.54 Å². The summed E-state index contributed by atoms with van der Waals surface area (Å²) < 4.78 is 26.4. The first-order valence-electron chi connectivity index (χ1n) is 6.18. The molecular weight excluding hydrogens is 236 g/mol. The van der Waals surface area contributed by atoms with Crippen LogP contribution >= 0.6 is 0 Å². The Morgan fingerprint density at radius 1 is 1.39 bits per heavy atom. The fourth-order valence-corrected chi connectivity index (χ4v) is 2.15. The smallest absolute Gasteiger partial charge is 0.254 e. The molecule has 1 N–H and O–H groups in total. The third kappa shape index (κ3) is 2.37. The van der Waals surface area contributed by atoms with Crippen molar-refractivity contribution in [1.29, 1.82) is 0 Å². The minimum absolute atomic E-state index is 0.152. The Kier molecular flexibility index (Phi) is 3.37. The molecule has 0 spiro atoms. The number of carbonyl (C=O) groups excluding carboxylic acids is 1. The molecule has 0 unspecified atom stereocenters. The van der Waals surface area contributed by atoms with Crippen LogP contribution in [0.4, 0.5) is 8.78 Å². The normalized spacial score (nSPS) is 16.7. The molecule has 1 fully saturated rings. The zero-order valence-electron chi connectivity index (χ0n) is 10.6. The highest BCUT2D eigenvalue weighted by Gasteiger charge is 2.45. The Morgan fingerprint density at radius 3 is 2.61 bits per heavy atom. The number of halogens is 2. The lowest BCUT2D eigenvalue weighted by Gasteiger charge is -2.20. The van der Waals surface area contributed by atoms with Crippen LogP contribution in [0, 0.1) is 23.0 Å². The summed E-state index contributed by atoms with van der Waals surface area (Å²) in [5, 5.41) is 2.71. The number of carbonyl (C=O) groups is 1. The molecule has 1 aromatic carbocycles.